The van der Waals surface area contributed by atoms with Gasteiger partial charge in [-0.1, -0.05) is 12.1 Å². The molecule has 0 aliphatic heterocycles. The van der Waals surface area contributed by atoms with E-state index in [9.17, 15) is 14.0 Å². The Kier molecular flexibility index (Phi) is 5.26. The number of hydrogen-bond donors (Lipinski definition) is 2. The van der Waals surface area contributed by atoms with Gasteiger partial charge < -0.3 is 15.1 Å². The Labute approximate surface area is 177 Å². The molecule has 1 aliphatic rings. The van der Waals surface area contributed by atoms with Crippen molar-refractivity contribution in [2.75, 3.05) is 5.32 Å². The van der Waals surface area contributed by atoms with Crippen molar-refractivity contribution in [2.24, 2.45) is 18.1 Å². The normalized spacial score (nSPS) is 18.3. The zero-order valence-corrected chi connectivity index (χ0v) is 17.4. The van der Waals surface area contributed by atoms with Crippen LogP contribution in [0.5, 0.6) is 0 Å². The fourth-order valence-electron chi connectivity index (χ4n) is 3.58. The van der Waals surface area contributed by atoms with Gasteiger partial charge in [0.05, 0.1) is 17.1 Å². The van der Waals surface area contributed by atoms with Crippen molar-refractivity contribution in [1.29, 1.82) is 0 Å². The summed E-state index contributed by atoms with van der Waals surface area (Å²) >= 11 is 0. The summed E-state index contributed by atoms with van der Waals surface area (Å²) < 4.78 is 14.6. The molecule has 0 radical (unpaired) electrons. The molecular weight excluding hydrogens is 401 g/mol. The fraction of sp³-hybridized carbons (Fsp3) is 0.318. The van der Waals surface area contributed by atoms with Gasteiger partial charge in [-0.05, 0) is 37.5 Å². The molecule has 3 aromatic heterocycles. The van der Waals surface area contributed by atoms with Crippen LogP contribution in [0, 0.1) is 12.8 Å². The van der Waals surface area contributed by atoms with Crippen LogP contribution in [0.4, 0.5) is 10.2 Å². The van der Waals surface area contributed by atoms with Crippen molar-refractivity contribution in [3.63, 3.8) is 0 Å². The number of carbonyl (C=O) groups is 1. The van der Waals surface area contributed by atoms with E-state index in [-0.39, 0.29) is 17.8 Å². The third-order valence-corrected chi connectivity index (χ3v) is 5.56. The molecule has 3 aromatic rings. The summed E-state index contributed by atoms with van der Waals surface area (Å²) in [5.74, 6) is -0.746. The summed E-state index contributed by atoms with van der Waals surface area (Å²) in [6.07, 6.45) is 2.83. The molecule has 0 unspecified atom stereocenters. The van der Waals surface area contributed by atoms with Crippen LogP contribution in [0.25, 0.3) is 22.0 Å². The average Bonchev–Trinajstić information content (AvgIpc) is 3.49. The number of pyridine rings is 3. The van der Waals surface area contributed by atoms with Crippen LogP contribution in [0.15, 0.2) is 40.5 Å². The van der Waals surface area contributed by atoms with E-state index in [1.54, 1.807) is 37.6 Å². The standard InChI is InChI=1S/C22H22FN5O3/c1-4-17(27-31)18-5-11(2)15(10-24-18)13-6-12-9-25-20(8-19(12)28(3)22(13)30)26-21(29)14-7-16(14)23/h5-6,8-10,14,16,31H,4,7H2,1-3H3,(H,25,26,29)/b27-17-/t14-,16+/m1/s1. The molecule has 0 spiro atoms. The maximum absolute atomic E-state index is 13.1. The number of amides is 1. The summed E-state index contributed by atoms with van der Waals surface area (Å²) in [6.45, 7) is 3.73. The maximum Gasteiger partial charge on any atom is 0.258 e. The maximum atomic E-state index is 13.1. The minimum atomic E-state index is -1.09. The highest BCUT2D eigenvalue weighted by molar-refractivity contribution is 5.99. The number of anilines is 1. The van der Waals surface area contributed by atoms with Crippen LogP contribution in [0.3, 0.4) is 0 Å². The van der Waals surface area contributed by atoms with Crippen LogP contribution < -0.4 is 10.9 Å². The third kappa shape index (κ3) is 3.78. The first kappa shape index (κ1) is 20.6. The number of nitrogens with zero attached hydrogens (tertiary/aromatic N) is 4. The van der Waals surface area contributed by atoms with Gasteiger partial charge in [0.1, 0.15) is 17.7 Å². The number of nitrogens with one attached hydrogen (secondary N) is 1. The van der Waals surface area contributed by atoms with E-state index >= 15 is 0 Å². The number of halogens is 1. The lowest BCUT2D eigenvalue weighted by molar-refractivity contribution is -0.117. The Morgan fingerprint density at radius 3 is 2.65 bits per heavy atom. The van der Waals surface area contributed by atoms with Gasteiger partial charge in [-0.15, -0.1) is 0 Å². The zero-order chi connectivity index (χ0) is 22.3. The van der Waals surface area contributed by atoms with Gasteiger partial charge in [0.15, 0.2) is 0 Å². The molecule has 4 rings (SSSR count). The number of carbonyl (C=O) groups excluding carboxylic acids is 1. The SMILES string of the molecule is CC/C(=N/O)c1cc(C)c(-c2cc3cnc(NC(=O)[C@@H]4C[C@@H]4F)cc3n(C)c2=O)cn1. The molecule has 9 heteroatoms. The quantitative estimate of drug-likeness (QED) is 0.372. The zero-order valence-electron chi connectivity index (χ0n) is 17.4. The summed E-state index contributed by atoms with van der Waals surface area (Å²) in [4.78, 5) is 33.6. The first-order valence-corrected chi connectivity index (χ1v) is 9.97. The van der Waals surface area contributed by atoms with Gasteiger partial charge in [0, 0.05) is 42.0 Å². The van der Waals surface area contributed by atoms with Crippen molar-refractivity contribution in [2.45, 2.75) is 32.9 Å². The lowest BCUT2D eigenvalue weighted by Crippen LogP contribution is -2.20. The Morgan fingerprint density at radius 1 is 1.29 bits per heavy atom. The number of fused-ring (bicyclic) bond motifs is 1. The molecule has 2 N–H and O–H groups in total. The predicted octanol–water partition coefficient (Wildman–Crippen LogP) is 3.19. The summed E-state index contributed by atoms with van der Waals surface area (Å²) in [5, 5.41) is 15.7. The van der Waals surface area contributed by atoms with E-state index in [1.165, 1.54) is 4.57 Å². The van der Waals surface area contributed by atoms with Crippen LogP contribution in [0.2, 0.25) is 0 Å². The number of oxime groups is 1. The second-order valence-corrected chi connectivity index (χ2v) is 7.68. The van der Waals surface area contributed by atoms with E-state index in [0.717, 1.165) is 5.56 Å². The molecule has 1 saturated carbocycles. The highest BCUT2D eigenvalue weighted by Crippen LogP contribution is 2.34. The molecule has 3 heterocycles. The van der Waals surface area contributed by atoms with Gasteiger partial charge in [-0.25, -0.2) is 9.37 Å². The van der Waals surface area contributed by atoms with E-state index in [1.807, 2.05) is 13.8 Å². The van der Waals surface area contributed by atoms with E-state index in [0.29, 0.717) is 39.9 Å². The number of aromatic nitrogens is 3. The second-order valence-electron chi connectivity index (χ2n) is 7.68. The monoisotopic (exact) mass is 423 g/mol. The van der Waals surface area contributed by atoms with E-state index < -0.39 is 18.0 Å². The second kappa shape index (κ2) is 7.90. The van der Waals surface area contributed by atoms with Crippen molar-refractivity contribution in [3.8, 4) is 11.1 Å². The molecular formula is C22H22FN5O3. The van der Waals surface area contributed by atoms with Crippen LogP contribution in [-0.2, 0) is 11.8 Å². The van der Waals surface area contributed by atoms with Crippen LogP contribution in [0.1, 0.15) is 31.0 Å². The first-order valence-electron chi connectivity index (χ1n) is 9.97. The van der Waals surface area contributed by atoms with Crippen LogP contribution in [-0.4, -0.2) is 37.5 Å². The van der Waals surface area contributed by atoms with Crippen molar-refractivity contribution in [3.05, 3.63) is 52.2 Å². The van der Waals surface area contributed by atoms with Gasteiger partial charge in [-0.3, -0.25) is 14.6 Å². The molecule has 8 nitrogen and oxygen atoms in total. The molecule has 2 atom stereocenters. The Bertz CT molecular complexity index is 1280. The largest absolute Gasteiger partial charge is 0.411 e. The minimum Gasteiger partial charge on any atom is -0.411 e. The number of aryl methyl sites for hydroxylation is 2. The summed E-state index contributed by atoms with van der Waals surface area (Å²) in [7, 11) is 1.64. The molecule has 1 amide bonds. The third-order valence-electron chi connectivity index (χ3n) is 5.56. The van der Waals surface area contributed by atoms with Crippen molar-refractivity contribution in [1.82, 2.24) is 14.5 Å². The molecule has 1 aliphatic carbocycles. The summed E-state index contributed by atoms with van der Waals surface area (Å²) in [5.41, 5.74) is 3.32. The van der Waals surface area contributed by atoms with Gasteiger partial charge in [-0.2, -0.15) is 0 Å². The summed E-state index contributed by atoms with van der Waals surface area (Å²) in [6, 6.07) is 5.12. The minimum absolute atomic E-state index is 0.230. The molecule has 1 fully saturated rings. The Balaban J connectivity index is 1.73. The smallest absolute Gasteiger partial charge is 0.258 e. The molecule has 0 aromatic carbocycles. The predicted molar refractivity (Wildman–Crippen MR) is 115 cm³/mol. The van der Waals surface area contributed by atoms with Gasteiger partial charge >= 0.3 is 0 Å². The van der Waals surface area contributed by atoms with Gasteiger partial charge in [0.25, 0.3) is 5.56 Å². The number of alkyl halides is 1. The number of rotatable bonds is 5. The van der Waals surface area contributed by atoms with E-state index in [4.69, 9.17) is 5.21 Å². The lowest BCUT2D eigenvalue weighted by atomic mass is 10.0. The molecule has 0 saturated heterocycles. The first-order chi connectivity index (χ1) is 14.8. The number of hydrogen-bond acceptors (Lipinski definition) is 6. The molecule has 31 heavy (non-hydrogen) atoms. The Hall–Kier alpha value is -3.62. The lowest BCUT2D eigenvalue weighted by Gasteiger charge is -2.12. The Morgan fingerprint density at radius 2 is 2.03 bits per heavy atom. The van der Waals surface area contributed by atoms with Gasteiger partial charge in [0.2, 0.25) is 5.91 Å². The van der Waals surface area contributed by atoms with Crippen molar-refractivity contribution < 1.29 is 14.4 Å². The van der Waals surface area contributed by atoms with Crippen molar-refractivity contribution >= 4 is 28.3 Å². The average molecular weight is 423 g/mol. The topological polar surface area (TPSA) is 109 Å². The van der Waals surface area contributed by atoms with E-state index in [2.05, 4.69) is 20.4 Å². The fourth-order valence-corrected chi connectivity index (χ4v) is 3.58. The highest BCUT2D eigenvalue weighted by Gasteiger charge is 2.43. The van der Waals surface area contributed by atoms with Crippen LogP contribution >= 0.6 is 0 Å². The molecule has 160 valence electrons. The molecule has 0 bridgehead atoms. The highest BCUT2D eigenvalue weighted by atomic mass is 19.1.